The molecule has 5 heteroatoms. The molecule has 0 aliphatic heterocycles. The predicted octanol–water partition coefficient (Wildman–Crippen LogP) is 4.40. The minimum absolute atomic E-state index is 0.0790. The molecule has 0 aliphatic rings. The summed E-state index contributed by atoms with van der Waals surface area (Å²) < 4.78 is 14.3. The van der Waals surface area contributed by atoms with Gasteiger partial charge in [0.25, 0.3) is 5.91 Å². The van der Waals surface area contributed by atoms with Gasteiger partial charge in [-0.25, -0.2) is 4.39 Å². The predicted molar refractivity (Wildman–Crippen MR) is 91.6 cm³/mol. The highest BCUT2D eigenvalue weighted by atomic mass is 32.1. The first-order valence-electron chi connectivity index (χ1n) is 7.20. The van der Waals surface area contributed by atoms with Crippen molar-refractivity contribution in [1.29, 1.82) is 0 Å². The van der Waals surface area contributed by atoms with E-state index in [9.17, 15) is 14.3 Å². The summed E-state index contributed by atoms with van der Waals surface area (Å²) in [5, 5.41) is 12.9. The van der Waals surface area contributed by atoms with Crippen LogP contribution in [0.3, 0.4) is 0 Å². The Morgan fingerprint density at radius 2 is 2.00 bits per heavy atom. The zero-order valence-electron chi connectivity index (χ0n) is 12.8. The first-order valence-corrected chi connectivity index (χ1v) is 8.01. The molecule has 3 nitrogen and oxygen atoms in total. The van der Waals surface area contributed by atoms with Crippen molar-refractivity contribution in [2.45, 2.75) is 20.5 Å². The maximum atomic E-state index is 13.4. The SMILES string of the molecule is Cc1ccc(CO)cc1NC(=O)c1sc2ccc(F)cc2c1C. The third-order valence-electron chi connectivity index (χ3n) is 3.84. The summed E-state index contributed by atoms with van der Waals surface area (Å²) in [7, 11) is 0. The van der Waals surface area contributed by atoms with Crippen LogP contribution in [0.4, 0.5) is 10.1 Å². The molecule has 1 heterocycles. The van der Waals surface area contributed by atoms with Crippen molar-refractivity contribution in [3.63, 3.8) is 0 Å². The number of amides is 1. The zero-order valence-corrected chi connectivity index (χ0v) is 13.6. The summed E-state index contributed by atoms with van der Waals surface area (Å²) in [6.45, 7) is 3.64. The largest absolute Gasteiger partial charge is 0.392 e. The first kappa shape index (κ1) is 15.6. The molecule has 2 N–H and O–H groups in total. The third-order valence-corrected chi connectivity index (χ3v) is 5.11. The van der Waals surface area contributed by atoms with E-state index in [2.05, 4.69) is 5.32 Å². The van der Waals surface area contributed by atoms with Crippen LogP contribution in [0.1, 0.15) is 26.4 Å². The van der Waals surface area contributed by atoms with E-state index < -0.39 is 0 Å². The monoisotopic (exact) mass is 329 g/mol. The molecular formula is C18H16FNO2S. The molecule has 1 aromatic heterocycles. The highest BCUT2D eigenvalue weighted by molar-refractivity contribution is 7.21. The van der Waals surface area contributed by atoms with Crippen molar-refractivity contribution in [3.05, 3.63) is 63.8 Å². The number of aliphatic hydroxyl groups excluding tert-OH is 1. The Morgan fingerprint density at radius 3 is 2.74 bits per heavy atom. The Hall–Kier alpha value is -2.24. The second kappa shape index (κ2) is 6.10. The van der Waals surface area contributed by atoms with E-state index in [-0.39, 0.29) is 18.3 Å². The number of halogens is 1. The summed E-state index contributed by atoms with van der Waals surface area (Å²) in [5.41, 5.74) is 3.10. The molecule has 3 aromatic rings. The van der Waals surface area contributed by atoms with Crippen LogP contribution in [-0.2, 0) is 6.61 Å². The van der Waals surface area contributed by atoms with Gasteiger partial charge in [-0.2, -0.15) is 0 Å². The molecule has 0 radical (unpaired) electrons. The first-order chi connectivity index (χ1) is 11.0. The van der Waals surface area contributed by atoms with Crippen LogP contribution in [0.5, 0.6) is 0 Å². The van der Waals surface area contributed by atoms with Crippen molar-refractivity contribution >= 4 is 33.0 Å². The normalized spacial score (nSPS) is 11.0. The Bertz CT molecular complexity index is 901. The number of rotatable bonds is 3. The third kappa shape index (κ3) is 2.98. The maximum absolute atomic E-state index is 13.4. The minimum atomic E-state index is -0.308. The lowest BCUT2D eigenvalue weighted by Gasteiger charge is -2.09. The number of nitrogens with one attached hydrogen (secondary N) is 1. The summed E-state index contributed by atoms with van der Waals surface area (Å²) in [4.78, 5) is 13.2. The lowest BCUT2D eigenvalue weighted by Crippen LogP contribution is -2.12. The Balaban J connectivity index is 1.96. The molecule has 0 fully saturated rings. The van der Waals surface area contributed by atoms with Crippen molar-refractivity contribution in [2.75, 3.05) is 5.32 Å². The minimum Gasteiger partial charge on any atom is -0.392 e. The van der Waals surface area contributed by atoms with Crippen molar-refractivity contribution in [2.24, 2.45) is 0 Å². The molecule has 2 aromatic carbocycles. The van der Waals surface area contributed by atoms with Gasteiger partial charge in [0.15, 0.2) is 0 Å². The molecule has 23 heavy (non-hydrogen) atoms. The van der Waals surface area contributed by atoms with Crippen molar-refractivity contribution < 1.29 is 14.3 Å². The molecule has 0 aliphatic carbocycles. The van der Waals surface area contributed by atoms with E-state index in [4.69, 9.17) is 0 Å². The second-order valence-electron chi connectivity index (χ2n) is 5.46. The van der Waals surface area contributed by atoms with E-state index in [1.165, 1.54) is 23.5 Å². The summed E-state index contributed by atoms with van der Waals surface area (Å²) in [6, 6.07) is 9.98. The average molecular weight is 329 g/mol. The molecular weight excluding hydrogens is 313 g/mol. The molecule has 3 rings (SSSR count). The summed E-state index contributed by atoms with van der Waals surface area (Å²) >= 11 is 1.35. The van der Waals surface area contributed by atoms with Gasteiger partial charge in [-0.3, -0.25) is 4.79 Å². The zero-order chi connectivity index (χ0) is 16.6. The number of hydrogen-bond acceptors (Lipinski definition) is 3. The summed E-state index contributed by atoms with van der Waals surface area (Å²) in [6.07, 6.45) is 0. The van der Waals surface area contributed by atoms with Crippen molar-refractivity contribution in [1.82, 2.24) is 0 Å². The molecule has 0 saturated heterocycles. The van der Waals surface area contributed by atoms with Gasteiger partial charge in [0.1, 0.15) is 5.82 Å². The number of benzene rings is 2. The van der Waals surface area contributed by atoms with Gasteiger partial charge in [-0.1, -0.05) is 12.1 Å². The number of carbonyl (C=O) groups excluding carboxylic acids is 1. The van der Waals surface area contributed by atoms with Crippen LogP contribution in [0.15, 0.2) is 36.4 Å². The van der Waals surface area contributed by atoms with Gasteiger partial charge in [0.05, 0.1) is 11.5 Å². The molecule has 118 valence electrons. The fourth-order valence-corrected chi connectivity index (χ4v) is 3.58. The van der Waals surface area contributed by atoms with Crippen LogP contribution >= 0.6 is 11.3 Å². The van der Waals surface area contributed by atoms with Gasteiger partial charge in [0.2, 0.25) is 0 Å². The smallest absolute Gasteiger partial charge is 0.266 e. The molecule has 0 spiro atoms. The lowest BCUT2D eigenvalue weighted by molar-refractivity contribution is 0.103. The number of thiophene rings is 1. The molecule has 1 amide bonds. The Kier molecular flexibility index (Phi) is 4.15. The Labute approximate surface area is 137 Å². The highest BCUT2D eigenvalue weighted by Crippen LogP contribution is 2.32. The molecule has 0 saturated carbocycles. The lowest BCUT2D eigenvalue weighted by atomic mass is 10.1. The summed E-state index contributed by atoms with van der Waals surface area (Å²) in [5.74, 6) is -0.529. The number of aliphatic hydroxyl groups is 1. The average Bonchev–Trinajstić information content (AvgIpc) is 2.86. The van der Waals surface area contributed by atoms with Gasteiger partial charge >= 0.3 is 0 Å². The highest BCUT2D eigenvalue weighted by Gasteiger charge is 2.17. The van der Waals surface area contributed by atoms with E-state index in [0.29, 0.717) is 10.6 Å². The number of fused-ring (bicyclic) bond motifs is 1. The number of hydrogen-bond donors (Lipinski definition) is 2. The number of aryl methyl sites for hydroxylation is 2. The van der Waals surface area contributed by atoms with E-state index in [1.54, 1.807) is 12.1 Å². The van der Waals surface area contributed by atoms with Crippen LogP contribution in [0, 0.1) is 19.7 Å². The van der Waals surface area contributed by atoms with Crippen LogP contribution in [-0.4, -0.2) is 11.0 Å². The molecule has 0 atom stereocenters. The van der Waals surface area contributed by atoms with E-state index >= 15 is 0 Å². The molecule has 0 bridgehead atoms. The van der Waals surface area contributed by atoms with Crippen molar-refractivity contribution in [3.8, 4) is 0 Å². The van der Waals surface area contributed by atoms with Gasteiger partial charge in [-0.15, -0.1) is 11.3 Å². The number of anilines is 1. The quantitative estimate of drug-likeness (QED) is 0.748. The molecule has 0 unspecified atom stereocenters. The fourth-order valence-electron chi connectivity index (χ4n) is 2.49. The van der Waals surface area contributed by atoms with Crippen LogP contribution < -0.4 is 5.32 Å². The van der Waals surface area contributed by atoms with Gasteiger partial charge < -0.3 is 10.4 Å². The standard InChI is InChI=1S/C18H16FNO2S/c1-10-3-4-12(9-21)7-15(10)20-18(22)17-11(2)14-8-13(19)5-6-16(14)23-17/h3-8,21H,9H2,1-2H3,(H,20,22). The van der Waals surface area contributed by atoms with Crippen LogP contribution in [0.25, 0.3) is 10.1 Å². The van der Waals surface area contributed by atoms with E-state index in [0.717, 1.165) is 26.8 Å². The van der Waals surface area contributed by atoms with Gasteiger partial charge in [0, 0.05) is 10.4 Å². The number of carbonyl (C=O) groups is 1. The fraction of sp³-hybridized carbons (Fsp3) is 0.167. The maximum Gasteiger partial charge on any atom is 0.266 e. The van der Waals surface area contributed by atoms with Crippen LogP contribution in [0.2, 0.25) is 0 Å². The second-order valence-corrected chi connectivity index (χ2v) is 6.51. The topological polar surface area (TPSA) is 49.3 Å². The van der Waals surface area contributed by atoms with E-state index in [1.807, 2.05) is 26.0 Å². The van der Waals surface area contributed by atoms with Gasteiger partial charge in [-0.05, 0) is 60.2 Å². The Morgan fingerprint density at radius 1 is 1.22 bits per heavy atom.